The second-order valence-corrected chi connectivity index (χ2v) is 34.3. The van der Waals surface area contributed by atoms with Crippen LogP contribution < -0.4 is 81.3 Å². The minimum Gasteiger partial charge on any atom is -0.486 e. The van der Waals surface area contributed by atoms with Gasteiger partial charge in [0.15, 0.2) is 41.0 Å². The number of Topliss-reactive ketones (excluding diaryl/α,β-unsaturated/α-hetero) is 6. The standard InChI is InChI=1S/C58H98N12O13.C36H50N2O10/c1-6-7-8-12-15-52(77)65-42(16-22-59)50(75)33-41(36(5)72)56(81)67-44(18-24-61)48(73)30-38-21-27-64-55(80)40(35(4)71)32-51(76)45(19-25-62)68-57(82)46(20-26-63)69-58(83)47(28-34(2)3)70-54(79)39(29-37-13-10-9-11-14-37)31-49(74)43(17-23-60)66-53(38)78;1-24-33(43)34(44)35(45)36(48-24)46-21-9-15-32(42)38-20-8-12-28(39)23-47-29-18-16-25(17-19-29)26-10-7-11-27(22-26)30(40)13-5-3-4-6-14-31(41)37-2/h9-11,13-14,34-36,38-47,71-72H,6-8,12,15-33,59-63H2,1-5H3,(H,64,80)(H,65,77)(H,66,78)(H,67,81)(H,68,82)(H,69,83)(H,70,79);7,10-11,16-19,22,24,33-36,43-45H,3-6,8-9,12-15,20-21,23H2,1-2H3,(H,37,41)(H,38,42)/t35-,36-,38-,39+,40+,41+,42+,43+,44+,45+,46+,47+;24-,33-,34?,35-,36?/m10/s1. The number of benzene rings is 3. The number of carbonyl (C=O) groups excluding carboxylic acids is 15. The van der Waals surface area contributed by atoms with Crippen molar-refractivity contribution in [3.8, 4) is 16.9 Å². The highest BCUT2D eigenvalue weighted by Gasteiger charge is 2.43. The lowest BCUT2D eigenvalue weighted by Crippen LogP contribution is -2.57. The van der Waals surface area contributed by atoms with Crippen LogP contribution in [0.3, 0.4) is 0 Å². The van der Waals surface area contributed by atoms with E-state index >= 15 is 0 Å². The van der Waals surface area contributed by atoms with Crippen LogP contribution in [-0.2, 0) is 83.0 Å². The van der Waals surface area contributed by atoms with Crippen molar-refractivity contribution in [3.63, 3.8) is 0 Å². The van der Waals surface area contributed by atoms with Gasteiger partial charge in [0.1, 0.15) is 42.8 Å². The number of rotatable bonds is 51. The number of aliphatic hydroxyl groups excluding tert-OH is 5. The molecule has 24 N–H and O–H groups in total. The number of ether oxygens (including phenoxy) is 3. The van der Waals surface area contributed by atoms with Crippen molar-refractivity contribution >= 4 is 87.9 Å². The number of nitrogens with two attached hydrogens (primary N) is 5. The largest absolute Gasteiger partial charge is 0.486 e. The zero-order valence-corrected chi connectivity index (χ0v) is 77.3. The summed E-state index contributed by atoms with van der Waals surface area (Å²) in [6.07, 6.45) is -2.18. The first kappa shape index (κ1) is 114. The average Bonchev–Trinajstić information content (AvgIpc) is 0.845. The molecule has 17 atom stereocenters. The predicted octanol–water partition coefficient (Wildman–Crippen LogP) is 1.57. The van der Waals surface area contributed by atoms with Gasteiger partial charge in [-0.2, -0.15) is 0 Å². The smallest absolute Gasteiger partial charge is 0.243 e. The van der Waals surface area contributed by atoms with E-state index in [-0.39, 0.29) is 158 Å². The van der Waals surface area contributed by atoms with Crippen molar-refractivity contribution in [2.45, 2.75) is 294 Å². The van der Waals surface area contributed by atoms with Crippen LogP contribution >= 0.6 is 0 Å². The monoisotopic (exact) mass is 1840 g/mol. The van der Waals surface area contributed by atoms with Crippen molar-refractivity contribution in [1.82, 2.24) is 47.9 Å². The molecule has 37 heteroatoms. The summed E-state index contributed by atoms with van der Waals surface area (Å²) in [5, 5.41) is 75.3. The lowest BCUT2D eigenvalue weighted by Gasteiger charge is -2.38. The number of nitrogens with one attached hydrogen (secondary N) is 9. The summed E-state index contributed by atoms with van der Waals surface area (Å²) in [6.45, 7) is 9.44. The average molecular weight is 1840 g/mol. The molecule has 2 unspecified atom stereocenters. The molecule has 2 aliphatic heterocycles. The second kappa shape index (κ2) is 62.6. The molecular formula is C94H148N14O23. The Bertz CT molecular complexity index is 4070. The molecule has 0 aromatic heterocycles. The Kier molecular flexibility index (Phi) is 54.3. The maximum atomic E-state index is 14.6. The molecule has 0 radical (unpaired) electrons. The van der Waals surface area contributed by atoms with Crippen LogP contribution in [0.25, 0.3) is 11.1 Å². The first-order chi connectivity index (χ1) is 62.5. The molecule has 37 nitrogen and oxygen atoms in total. The van der Waals surface area contributed by atoms with Crippen LogP contribution in [-0.4, -0.2) is 259 Å². The normalized spacial score (nSPS) is 22.1. The first-order valence-electron chi connectivity index (χ1n) is 46.3. The lowest BCUT2D eigenvalue weighted by atomic mass is 9.89. The SMILES string of the molecule is CCCCCCC(=O)N[C@@H](CCN)C(=O)C[C@H](C(=O)N[C@@H](CCN)C(=O)C[C@H]1CCNC(=O)[C@H]([C@@H](C)O)CC(=O)[C@H](CCN)NC(=O)[C@H](CCN)NC(=O)[C@H](CC(C)C)NC(=O)[C@@H](Cc2ccccc2)CC(=O)[C@H](CCN)NC1=O)[C@@H](C)O.CNC(=O)CCCCCCC(=O)c1cccc(-c2ccc(OCC(=O)CCCNC(=O)CCCOC3O[C@@H](C)[C@H](O)C(O)[C@@H]3O)cc2)c1. The molecule has 5 rings (SSSR count). The molecule has 0 aliphatic carbocycles. The highest BCUT2D eigenvalue weighted by molar-refractivity contribution is 6.00. The lowest BCUT2D eigenvalue weighted by molar-refractivity contribution is -0.293. The van der Waals surface area contributed by atoms with Crippen LogP contribution in [0.15, 0.2) is 78.9 Å². The number of hydrogen-bond acceptors (Lipinski definition) is 28. The quantitative estimate of drug-likeness (QED) is 0.0282. The van der Waals surface area contributed by atoms with Gasteiger partial charge in [-0.25, -0.2) is 0 Å². The summed E-state index contributed by atoms with van der Waals surface area (Å²) < 4.78 is 16.4. The number of aliphatic hydroxyl groups is 5. The van der Waals surface area contributed by atoms with Crippen LogP contribution in [0.4, 0.5) is 0 Å². The van der Waals surface area contributed by atoms with Gasteiger partial charge in [0.25, 0.3) is 0 Å². The topological polar surface area (TPSA) is 623 Å². The van der Waals surface area contributed by atoms with E-state index < -0.39 is 187 Å². The number of ketones is 6. The molecule has 0 bridgehead atoms. The van der Waals surface area contributed by atoms with Gasteiger partial charge in [0.05, 0.1) is 60.9 Å². The van der Waals surface area contributed by atoms with Crippen molar-refractivity contribution in [3.05, 3.63) is 90.0 Å². The van der Waals surface area contributed by atoms with E-state index in [9.17, 15) is 97.5 Å². The van der Waals surface area contributed by atoms with Crippen LogP contribution in [0.1, 0.15) is 224 Å². The van der Waals surface area contributed by atoms with Crippen LogP contribution in [0.5, 0.6) is 5.75 Å². The number of hydrogen-bond donors (Lipinski definition) is 19. The summed E-state index contributed by atoms with van der Waals surface area (Å²) in [5.74, 6) is -12.8. The van der Waals surface area contributed by atoms with E-state index in [1.54, 1.807) is 56.4 Å². The van der Waals surface area contributed by atoms with Crippen molar-refractivity contribution in [2.75, 3.05) is 66.1 Å². The summed E-state index contributed by atoms with van der Waals surface area (Å²) in [5.41, 5.74) is 32.7. The molecule has 732 valence electrons. The Balaban J connectivity index is 0.000000630. The highest BCUT2D eigenvalue weighted by Crippen LogP contribution is 2.28. The van der Waals surface area contributed by atoms with Crippen LogP contribution in [0, 0.1) is 29.6 Å². The van der Waals surface area contributed by atoms with Gasteiger partial charge in [-0.05, 0) is 178 Å². The molecular weight excluding hydrogens is 1690 g/mol. The minimum absolute atomic E-state index is 0.0130. The fourth-order valence-electron chi connectivity index (χ4n) is 15.1. The first-order valence-corrected chi connectivity index (χ1v) is 46.3. The van der Waals surface area contributed by atoms with E-state index in [4.69, 9.17) is 42.9 Å². The molecule has 131 heavy (non-hydrogen) atoms. The fourth-order valence-corrected chi connectivity index (χ4v) is 15.1. The number of carbonyl (C=O) groups is 15. The Hall–Kier alpha value is -9.77. The van der Waals surface area contributed by atoms with Gasteiger partial charge >= 0.3 is 0 Å². The predicted molar refractivity (Wildman–Crippen MR) is 490 cm³/mol. The Labute approximate surface area is 769 Å². The molecule has 2 heterocycles. The maximum Gasteiger partial charge on any atom is 0.243 e. The second-order valence-electron chi connectivity index (χ2n) is 34.3. The summed E-state index contributed by atoms with van der Waals surface area (Å²) in [4.78, 5) is 203. The van der Waals surface area contributed by atoms with E-state index in [0.29, 0.717) is 55.5 Å². The van der Waals surface area contributed by atoms with Gasteiger partial charge in [0, 0.05) is 95.3 Å². The van der Waals surface area contributed by atoms with Gasteiger partial charge < -0.3 is 116 Å². The molecule has 2 saturated heterocycles. The van der Waals surface area contributed by atoms with Gasteiger partial charge in [-0.3, -0.25) is 71.9 Å². The third-order valence-electron chi connectivity index (χ3n) is 23.0. The Morgan fingerprint density at radius 2 is 1.13 bits per heavy atom. The van der Waals surface area contributed by atoms with Crippen molar-refractivity contribution < 1.29 is 112 Å². The fraction of sp³-hybridized carbons (Fsp3) is 0.649. The number of amides is 9. The maximum absolute atomic E-state index is 14.6. The van der Waals surface area contributed by atoms with E-state index in [2.05, 4.69) is 47.9 Å². The van der Waals surface area contributed by atoms with Gasteiger partial charge in [-0.1, -0.05) is 114 Å². The number of unbranched alkanes of at least 4 members (excludes halogenated alkanes) is 6. The third-order valence-corrected chi connectivity index (χ3v) is 23.0. The molecule has 3 aromatic rings. The molecule has 2 aliphatic rings. The summed E-state index contributed by atoms with van der Waals surface area (Å²) in [7, 11) is 1.63. The van der Waals surface area contributed by atoms with Crippen molar-refractivity contribution in [1.29, 1.82) is 0 Å². The Morgan fingerprint density at radius 1 is 0.557 bits per heavy atom. The molecule has 9 amide bonds. The molecule has 0 spiro atoms. The zero-order chi connectivity index (χ0) is 97.1. The molecule has 3 aromatic carbocycles. The van der Waals surface area contributed by atoms with E-state index in [1.165, 1.54) is 13.8 Å². The van der Waals surface area contributed by atoms with Gasteiger partial charge in [0.2, 0.25) is 53.2 Å². The molecule has 0 saturated carbocycles. The van der Waals surface area contributed by atoms with Gasteiger partial charge in [-0.15, -0.1) is 0 Å². The zero-order valence-electron chi connectivity index (χ0n) is 77.3. The highest BCUT2D eigenvalue weighted by atomic mass is 16.7. The molecule has 2 fully saturated rings. The third kappa shape index (κ3) is 42.3. The van der Waals surface area contributed by atoms with E-state index in [1.807, 2.05) is 57.2 Å². The summed E-state index contributed by atoms with van der Waals surface area (Å²) in [6, 6.07) is 16.1. The van der Waals surface area contributed by atoms with Crippen LogP contribution in [0.2, 0.25) is 0 Å². The summed E-state index contributed by atoms with van der Waals surface area (Å²) >= 11 is 0. The van der Waals surface area contributed by atoms with E-state index in [0.717, 1.165) is 56.1 Å². The minimum atomic E-state index is -1.43. The van der Waals surface area contributed by atoms with Crippen molar-refractivity contribution in [2.24, 2.45) is 58.3 Å². The Morgan fingerprint density at radius 3 is 1.74 bits per heavy atom.